The fraction of sp³-hybridized carbons (Fsp3) is 0.696. The number of piperidine rings is 2. The van der Waals surface area contributed by atoms with Gasteiger partial charge in [0, 0.05) is 63.6 Å². The first-order valence-corrected chi connectivity index (χ1v) is 11.4. The summed E-state index contributed by atoms with van der Waals surface area (Å²) in [7, 11) is 0. The van der Waals surface area contributed by atoms with Gasteiger partial charge in [-0.05, 0) is 51.3 Å². The smallest absolute Gasteiger partial charge is 0.409 e. The highest BCUT2D eigenvalue weighted by atomic mass is 16.6. The molecule has 0 aromatic heterocycles. The summed E-state index contributed by atoms with van der Waals surface area (Å²) in [6, 6.07) is 12.1. The molecule has 3 saturated heterocycles. The second kappa shape index (κ2) is 9.81. The van der Waals surface area contributed by atoms with Crippen LogP contribution in [0.1, 0.15) is 32.6 Å². The number of hydrogen-bond acceptors (Lipinski definition) is 5. The van der Waals surface area contributed by atoms with Crippen LogP contribution in [0.3, 0.4) is 0 Å². The third-order valence-corrected chi connectivity index (χ3v) is 6.89. The summed E-state index contributed by atoms with van der Waals surface area (Å²) in [4.78, 5) is 21.8. The molecule has 6 nitrogen and oxygen atoms in total. The largest absolute Gasteiger partial charge is 0.450 e. The molecule has 0 radical (unpaired) electrons. The van der Waals surface area contributed by atoms with Crippen LogP contribution in [0.4, 0.5) is 10.5 Å². The average molecular weight is 401 g/mol. The Morgan fingerprint density at radius 3 is 2.31 bits per heavy atom. The van der Waals surface area contributed by atoms with E-state index in [1.165, 1.54) is 31.6 Å². The molecule has 3 heterocycles. The normalized spacial score (nSPS) is 25.2. The van der Waals surface area contributed by atoms with Gasteiger partial charge in [0.1, 0.15) is 0 Å². The number of benzene rings is 1. The summed E-state index contributed by atoms with van der Waals surface area (Å²) in [5.41, 5.74) is 1.35. The van der Waals surface area contributed by atoms with Crippen LogP contribution in [0, 0.1) is 0 Å². The first kappa shape index (κ1) is 20.5. The van der Waals surface area contributed by atoms with Crippen molar-refractivity contribution in [3.8, 4) is 0 Å². The molecule has 1 aromatic carbocycles. The Bertz CT molecular complexity index is 640. The van der Waals surface area contributed by atoms with Crippen LogP contribution in [-0.2, 0) is 4.74 Å². The molecule has 160 valence electrons. The lowest BCUT2D eigenvalue weighted by Crippen LogP contribution is -2.57. The lowest BCUT2D eigenvalue weighted by molar-refractivity contribution is 0.0376. The minimum absolute atomic E-state index is 0.140. The number of anilines is 1. The van der Waals surface area contributed by atoms with Crippen molar-refractivity contribution in [2.75, 3.05) is 63.9 Å². The average Bonchev–Trinajstić information content (AvgIpc) is 2.80. The molecular formula is C23H36N4O2. The van der Waals surface area contributed by atoms with Crippen LogP contribution in [0.15, 0.2) is 30.3 Å². The molecule has 0 N–H and O–H groups in total. The highest BCUT2D eigenvalue weighted by Gasteiger charge is 2.33. The number of hydrogen-bond donors (Lipinski definition) is 0. The van der Waals surface area contributed by atoms with Crippen LogP contribution in [0.25, 0.3) is 0 Å². The molecule has 6 heteroatoms. The third-order valence-electron chi connectivity index (χ3n) is 6.89. The third kappa shape index (κ3) is 5.04. The minimum atomic E-state index is -0.140. The lowest BCUT2D eigenvalue weighted by atomic mass is 9.97. The lowest BCUT2D eigenvalue weighted by Gasteiger charge is -2.47. The van der Waals surface area contributed by atoms with Crippen LogP contribution in [0.5, 0.6) is 0 Å². The Kier molecular flexibility index (Phi) is 6.93. The van der Waals surface area contributed by atoms with Crippen LogP contribution >= 0.6 is 0 Å². The molecule has 1 aromatic rings. The Labute approximate surface area is 175 Å². The molecule has 29 heavy (non-hydrogen) atoms. The monoisotopic (exact) mass is 400 g/mol. The number of para-hydroxylation sites is 1. The van der Waals surface area contributed by atoms with Gasteiger partial charge >= 0.3 is 6.09 Å². The standard InChI is InChI=1S/C23H36N4O2/c1-2-29-23(28)26-13-10-21(11-14-26)27-12-6-9-22(19-27)25-17-15-24(16-18-25)20-7-4-3-5-8-20/h3-5,7-8,21-22H,2,6,9-19H2,1H3. The zero-order chi connectivity index (χ0) is 20.1. The van der Waals surface area contributed by atoms with Crippen LogP contribution in [0.2, 0.25) is 0 Å². The summed E-state index contributed by atoms with van der Waals surface area (Å²) >= 11 is 0. The zero-order valence-electron chi connectivity index (χ0n) is 17.8. The van der Waals surface area contributed by atoms with E-state index in [0.29, 0.717) is 18.7 Å². The van der Waals surface area contributed by atoms with Gasteiger partial charge in [-0.15, -0.1) is 0 Å². The highest BCUT2D eigenvalue weighted by Crippen LogP contribution is 2.25. The fourth-order valence-electron chi connectivity index (χ4n) is 5.23. The van der Waals surface area contributed by atoms with Gasteiger partial charge in [-0.25, -0.2) is 4.79 Å². The predicted molar refractivity (Wildman–Crippen MR) is 116 cm³/mol. The van der Waals surface area contributed by atoms with E-state index < -0.39 is 0 Å². The van der Waals surface area contributed by atoms with E-state index in [0.717, 1.165) is 52.1 Å². The van der Waals surface area contributed by atoms with Crippen molar-refractivity contribution >= 4 is 11.8 Å². The Morgan fingerprint density at radius 1 is 0.897 bits per heavy atom. The van der Waals surface area contributed by atoms with E-state index >= 15 is 0 Å². The molecule has 0 spiro atoms. The fourth-order valence-corrected chi connectivity index (χ4v) is 5.23. The SMILES string of the molecule is CCOC(=O)N1CCC(N2CCCC(N3CCN(c4ccccc4)CC3)C2)CC1. The van der Waals surface area contributed by atoms with Crippen molar-refractivity contribution in [2.24, 2.45) is 0 Å². The second-order valence-corrected chi connectivity index (χ2v) is 8.57. The molecule has 4 rings (SSSR count). The van der Waals surface area contributed by atoms with Gasteiger partial charge in [0.25, 0.3) is 0 Å². The molecule has 0 bridgehead atoms. The molecule has 3 aliphatic rings. The summed E-state index contributed by atoms with van der Waals surface area (Å²) in [5.74, 6) is 0. The summed E-state index contributed by atoms with van der Waals surface area (Å²) < 4.78 is 5.16. The molecular weight excluding hydrogens is 364 g/mol. The number of amides is 1. The number of ether oxygens (including phenoxy) is 1. The summed E-state index contributed by atoms with van der Waals surface area (Å²) in [6.07, 6.45) is 4.63. The highest BCUT2D eigenvalue weighted by molar-refractivity contribution is 5.67. The van der Waals surface area contributed by atoms with Crippen LogP contribution < -0.4 is 4.90 Å². The molecule has 3 fully saturated rings. The number of likely N-dealkylation sites (tertiary alicyclic amines) is 2. The quantitative estimate of drug-likeness (QED) is 0.777. The van der Waals surface area contributed by atoms with Crippen molar-refractivity contribution in [1.82, 2.24) is 14.7 Å². The first-order valence-electron chi connectivity index (χ1n) is 11.4. The maximum Gasteiger partial charge on any atom is 0.409 e. The predicted octanol–water partition coefficient (Wildman–Crippen LogP) is 2.89. The minimum Gasteiger partial charge on any atom is -0.450 e. The summed E-state index contributed by atoms with van der Waals surface area (Å²) in [5, 5.41) is 0. The van der Waals surface area contributed by atoms with Crippen molar-refractivity contribution < 1.29 is 9.53 Å². The van der Waals surface area contributed by atoms with Crippen molar-refractivity contribution in [1.29, 1.82) is 0 Å². The van der Waals surface area contributed by atoms with E-state index in [1.807, 2.05) is 11.8 Å². The molecule has 0 aliphatic carbocycles. The molecule has 0 saturated carbocycles. The zero-order valence-corrected chi connectivity index (χ0v) is 17.8. The van der Waals surface area contributed by atoms with Gasteiger partial charge in [0.2, 0.25) is 0 Å². The Hall–Kier alpha value is -1.79. The first-order chi connectivity index (χ1) is 14.2. The van der Waals surface area contributed by atoms with E-state index in [9.17, 15) is 4.79 Å². The van der Waals surface area contributed by atoms with Crippen molar-refractivity contribution in [3.05, 3.63) is 30.3 Å². The van der Waals surface area contributed by atoms with Gasteiger partial charge in [0.05, 0.1) is 6.61 Å². The summed E-state index contributed by atoms with van der Waals surface area (Å²) in [6.45, 7) is 11.0. The molecule has 3 aliphatic heterocycles. The number of carbonyl (C=O) groups excluding carboxylic acids is 1. The topological polar surface area (TPSA) is 39.3 Å². The number of carbonyl (C=O) groups is 1. The van der Waals surface area contributed by atoms with E-state index in [-0.39, 0.29) is 6.09 Å². The molecule has 1 amide bonds. The Balaban J connectivity index is 1.25. The Morgan fingerprint density at radius 2 is 1.62 bits per heavy atom. The van der Waals surface area contributed by atoms with Gasteiger partial charge in [-0.1, -0.05) is 18.2 Å². The maximum absolute atomic E-state index is 11.9. The van der Waals surface area contributed by atoms with Gasteiger partial charge in [-0.2, -0.15) is 0 Å². The molecule has 1 atom stereocenters. The van der Waals surface area contributed by atoms with Crippen molar-refractivity contribution in [2.45, 2.75) is 44.7 Å². The number of nitrogens with zero attached hydrogens (tertiary/aromatic N) is 4. The second-order valence-electron chi connectivity index (χ2n) is 8.57. The van der Waals surface area contributed by atoms with Gasteiger partial charge in [-0.3, -0.25) is 9.80 Å². The van der Waals surface area contributed by atoms with Gasteiger partial charge < -0.3 is 14.5 Å². The maximum atomic E-state index is 11.9. The van der Waals surface area contributed by atoms with E-state index in [2.05, 4.69) is 45.0 Å². The van der Waals surface area contributed by atoms with Crippen LogP contribution in [-0.4, -0.2) is 91.8 Å². The van der Waals surface area contributed by atoms with Gasteiger partial charge in [0.15, 0.2) is 0 Å². The van der Waals surface area contributed by atoms with E-state index in [1.54, 1.807) is 0 Å². The number of piperazine rings is 1. The molecule has 1 unspecified atom stereocenters. The van der Waals surface area contributed by atoms with Crippen molar-refractivity contribution in [3.63, 3.8) is 0 Å². The number of rotatable bonds is 4. The van der Waals surface area contributed by atoms with E-state index in [4.69, 9.17) is 4.74 Å².